The van der Waals surface area contributed by atoms with Crippen LogP contribution in [0.1, 0.15) is 11.1 Å². The van der Waals surface area contributed by atoms with Gasteiger partial charge in [0.1, 0.15) is 5.69 Å². The second-order valence-electron chi connectivity index (χ2n) is 7.05. The second kappa shape index (κ2) is 11.0. The van der Waals surface area contributed by atoms with E-state index in [0.29, 0.717) is 28.4 Å². The van der Waals surface area contributed by atoms with Crippen molar-refractivity contribution >= 4 is 51.1 Å². The standard InChI is InChI=1S/C24H23Cl2NO7S/c1-31-19-10-7-15(6-5-14-11-20(32-2)24(34-4)21(12-14)33-3)22(23(19)28)27-35(29,30)16-8-9-17(25)18(26)13-16/h5-13,27-28H,1-4H3. The molecule has 2 N–H and O–H groups in total. The van der Waals surface area contributed by atoms with Crippen molar-refractivity contribution in [2.45, 2.75) is 4.90 Å². The lowest BCUT2D eigenvalue weighted by atomic mass is 10.1. The normalized spacial score (nSPS) is 11.4. The molecule has 8 nitrogen and oxygen atoms in total. The molecule has 35 heavy (non-hydrogen) atoms. The van der Waals surface area contributed by atoms with Gasteiger partial charge in [0.2, 0.25) is 5.75 Å². The molecule has 0 radical (unpaired) electrons. The van der Waals surface area contributed by atoms with E-state index in [-0.39, 0.29) is 32.1 Å². The summed E-state index contributed by atoms with van der Waals surface area (Å²) in [6.07, 6.45) is 3.31. The highest BCUT2D eigenvalue weighted by atomic mass is 35.5. The third-order valence-corrected chi connectivity index (χ3v) is 7.06. The minimum atomic E-state index is -4.13. The van der Waals surface area contributed by atoms with Crippen molar-refractivity contribution in [1.29, 1.82) is 0 Å². The van der Waals surface area contributed by atoms with Gasteiger partial charge in [0.15, 0.2) is 23.0 Å². The van der Waals surface area contributed by atoms with E-state index < -0.39 is 10.0 Å². The van der Waals surface area contributed by atoms with Gasteiger partial charge in [-0.05, 0) is 48.0 Å². The Labute approximate surface area is 213 Å². The molecule has 186 valence electrons. The number of hydrogen-bond donors (Lipinski definition) is 2. The van der Waals surface area contributed by atoms with Crippen LogP contribution >= 0.6 is 23.2 Å². The molecule has 0 unspecified atom stereocenters. The van der Waals surface area contributed by atoms with Crippen molar-refractivity contribution in [1.82, 2.24) is 0 Å². The van der Waals surface area contributed by atoms with E-state index in [1.54, 1.807) is 30.4 Å². The van der Waals surface area contributed by atoms with E-state index in [1.807, 2.05) is 0 Å². The third-order valence-electron chi connectivity index (χ3n) is 4.97. The number of aromatic hydroxyl groups is 1. The van der Waals surface area contributed by atoms with Gasteiger partial charge in [0.05, 0.1) is 43.4 Å². The topological polar surface area (TPSA) is 103 Å². The average Bonchev–Trinajstić information content (AvgIpc) is 2.85. The fourth-order valence-electron chi connectivity index (χ4n) is 3.22. The van der Waals surface area contributed by atoms with Gasteiger partial charge >= 0.3 is 0 Å². The van der Waals surface area contributed by atoms with Gasteiger partial charge in [-0.25, -0.2) is 8.42 Å². The number of phenolic OH excluding ortho intramolecular Hbond substituents is 1. The van der Waals surface area contributed by atoms with Crippen LogP contribution in [-0.2, 0) is 10.0 Å². The number of anilines is 1. The Hall–Kier alpha value is -3.27. The van der Waals surface area contributed by atoms with E-state index in [1.165, 1.54) is 52.7 Å². The lowest BCUT2D eigenvalue weighted by molar-refractivity contribution is 0.324. The van der Waals surface area contributed by atoms with Crippen molar-refractivity contribution < 1.29 is 32.5 Å². The molecule has 0 aliphatic carbocycles. The zero-order valence-corrected chi connectivity index (χ0v) is 21.6. The van der Waals surface area contributed by atoms with Crippen LogP contribution in [0.15, 0.2) is 47.4 Å². The molecule has 0 aliphatic heterocycles. The predicted molar refractivity (Wildman–Crippen MR) is 137 cm³/mol. The fraction of sp³-hybridized carbons (Fsp3) is 0.167. The Morgan fingerprint density at radius 2 is 1.43 bits per heavy atom. The van der Waals surface area contributed by atoms with Crippen LogP contribution in [0.4, 0.5) is 5.69 Å². The molecule has 3 aromatic rings. The smallest absolute Gasteiger partial charge is 0.262 e. The molecule has 3 rings (SSSR count). The zero-order chi connectivity index (χ0) is 25.8. The predicted octanol–water partition coefficient (Wildman–Crippen LogP) is 5.70. The number of sulfonamides is 1. The van der Waals surface area contributed by atoms with Crippen LogP contribution in [0.3, 0.4) is 0 Å². The van der Waals surface area contributed by atoms with Gasteiger partial charge in [0, 0.05) is 5.56 Å². The summed E-state index contributed by atoms with van der Waals surface area (Å²) in [6.45, 7) is 0. The first-order valence-electron chi connectivity index (χ1n) is 10.0. The summed E-state index contributed by atoms with van der Waals surface area (Å²) in [6, 6.07) is 10.5. The van der Waals surface area contributed by atoms with E-state index >= 15 is 0 Å². The summed E-state index contributed by atoms with van der Waals surface area (Å²) in [7, 11) is 1.73. The van der Waals surface area contributed by atoms with Crippen molar-refractivity contribution in [3.63, 3.8) is 0 Å². The molecule has 0 fully saturated rings. The van der Waals surface area contributed by atoms with Gasteiger partial charge < -0.3 is 24.1 Å². The minimum absolute atomic E-state index is 0.0759. The second-order valence-corrected chi connectivity index (χ2v) is 9.55. The number of hydrogen-bond acceptors (Lipinski definition) is 7. The van der Waals surface area contributed by atoms with Crippen LogP contribution < -0.4 is 23.7 Å². The number of phenols is 1. The van der Waals surface area contributed by atoms with Gasteiger partial charge in [-0.1, -0.05) is 35.4 Å². The van der Waals surface area contributed by atoms with Gasteiger partial charge in [-0.2, -0.15) is 0 Å². The average molecular weight is 540 g/mol. The molecule has 3 aromatic carbocycles. The van der Waals surface area contributed by atoms with Crippen molar-refractivity contribution in [2.24, 2.45) is 0 Å². The number of nitrogens with one attached hydrogen (secondary N) is 1. The first-order valence-corrected chi connectivity index (χ1v) is 12.2. The maximum Gasteiger partial charge on any atom is 0.262 e. The minimum Gasteiger partial charge on any atom is -0.503 e. The Bertz CT molecular complexity index is 1350. The number of ether oxygens (including phenoxy) is 4. The Morgan fingerprint density at radius 1 is 0.800 bits per heavy atom. The first-order chi connectivity index (χ1) is 16.6. The number of halogens is 2. The highest BCUT2D eigenvalue weighted by molar-refractivity contribution is 7.92. The Kier molecular flexibility index (Phi) is 8.26. The van der Waals surface area contributed by atoms with Gasteiger partial charge in [-0.3, -0.25) is 4.72 Å². The summed E-state index contributed by atoms with van der Waals surface area (Å²) in [5, 5.41) is 11.0. The summed E-state index contributed by atoms with van der Waals surface area (Å²) in [5.41, 5.74) is 0.952. The van der Waals surface area contributed by atoms with Gasteiger partial charge in [-0.15, -0.1) is 0 Å². The number of methoxy groups -OCH3 is 4. The molecule has 0 spiro atoms. The van der Waals surface area contributed by atoms with Gasteiger partial charge in [0.25, 0.3) is 10.0 Å². The molecular weight excluding hydrogens is 517 g/mol. The van der Waals surface area contributed by atoms with Crippen molar-refractivity contribution in [3.8, 4) is 28.7 Å². The van der Waals surface area contributed by atoms with E-state index in [9.17, 15) is 13.5 Å². The third kappa shape index (κ3) is 5.70. The zero-order valence-electron chi connectivity index (χ0n) is 19.3. The highest BCUT2D eigenvalue weighted by Crippen LogP contribution is 2.41. The largest absolute Gasteiger partial charge is 0.503 e. The highest BCUT2D eigenvalue weighted by Gasteiger charge is 2.21. The van der Waals surface area contributed by atoms with Crippen LogP contribution in [0.5, 0.6) is 28.7 Å². The molecule has 0 amide bonds. The lowest BCUT2D eigenvalue weighted by Crippen LogP contribution is -2.14. The number of rotatable bonds is 9. The van der Waals surface area contributed by atoms with Crippen molar-refractivity contribution in [3.05, 3.63) is 63.6 Å². The molecule has 0 saturated carbocycles. The van der Waals surface area contributed by atoms with Crippen LogP contribution in [0, 0.1) is 0 Å². The van der Waals surface area contributed by atoms with E-state index in [2.05, 4.69) is 4.72 Å². The maximum atomic E-state index is 13.0. The first kappa shape index (κ1) is 26.3. The van der Waals surface area contributed by atoms with Crippen LogP contribution in [0.25, 0.3) is 12.2 Å². The Balaban J connectivity index is 2.07. The molecule has 11 heteroatoms. The maximum absolute atomic E-state index is 13.0. The molecule has 0 heterocycles. The molecular formula is C24H23Cl2NO7S. The summed E-state index contributed by atoms with van der Waals surface area (Å²) >= 11 is 11.9. The molecule has 0 aromatic heterocycles. The molecule has 0 bridgehead atoms. The monoisotopic (exact) mass is 539 g/mol. The Morgan fingerprint density at radius 3 is 1.97 bits per heavy atom. The summed E-state index contributed by atoms with van der Waals surface area (Å²) in [5.74, 6) is 1.03. The van der Waals surface area contributed by atoms with Crippen LogP contribution in [-0.4, -0.2) is 42.0 Å². The molecule has 0 saturated heterocycles. The van der Waals surface area contributed by atoms with E-state index in [0.717, 1.165) is 0 Å². The van der Waals surface area contributed by atoms with Crippen LogP contribution in [0.2, 0.25) is 10.0 Å². The lowest BCUT2D eigenvalue weighted by Gasteiger charge is -2.15. The molecule has 0 aliphatic rings. The van der Waals surface area contributed by atoms with Crippen molar-refractivity contribution in [2.75, 3.05) is 33.2 Å². The summed E-state index contributed by atoms with van der Waals surface area (Å²) < 4.78 is 49.7. The number of benzene rings is 3. The SMILES string of the molecule is COc1ccc(C=Cc2cc(OC)c(OC)c(OC)c2)c(NS(=O)(=O)c2ccc(Cl)c(Cl)c2)c1O. The van der Waals surface area contributed by atoms with E-state index in [4.69, 9.17) is 42.1 Å². The summed E-state index contributed by atoms with van der Waals surface area (Å²) in [4.78, 5) is -0.131. The quantitative estimate of drug-likeness (QED) is 0.265. The fourth-order valence-corrected chi connectivity index (χ4v) is 4.70. The molecule has 0 atom stereocenters.